The van der Waals surface area contributed by atoms with Crippen molar-refractivity contribution >= 4 is 11.3 Å². The van der Waals surface area contributed by atoms with Gasteiger partial charge in [0.1, 0.15) is 0 Å². The van der Waals surface area contributed by atoms with E-state index in [4.69, 9.17) is 4.74 Å². The Morgan fingerprint density at radius 3 is 2.85 bits per heavy atom. The fraction of sp³-hybridized carbons (Fsp3) is 0.750. The molecule has 1 aliphatic heterocycles. The number of thiophene rings is 1. The Morgan fingerprint density at radius 2 is 2.15 bits per heavy atom. The lowest BCUT2D eigenvalue weighted by Crippen LogP contribution is -2.31. The van der Waals surface area contributed by atoms with Crippen molar-refractivity contribution in [2.75, 3.05) is 19.7 Å². The highest BCUT2D eigenvalue weighted by Crippen LogP contribution is 2.23. The van der Waals surface area contributed by atoms with E-state index in [1.54, 1.807) is 0 Å². The van der Waals surface area contributed by atoms with Crippen molar-refractivity contribution in [2.45, 2.75) is 57.8 Å². The Morgan fingerprint density at radius 1 is 1.30 bits per heavy atom. The summed E-state index contributed by atoms with van der Waals surface area (Å²) >= 11 is 1.96. The number of ether oxygens (including phenoxy) is 1. The summed E-state index contributed by atoms with van der Waals surface area (Å²) in [4.78, 5) is 5.47. The summed E-state index contributed by atoms with van der Waals surface area (Å²) in [5.41, 5.74) is 0. The van der Waals surface area contributed by atoms with E-state index >= 15 is 0 Å². The molecule has 0 amide bonds. The number of hydrogen-bond acceptors (Lipinski definition) is 4. The van der Waals surface area contributed by atoms with E-state index in [2.05, 4.69) is 29.3 Å². The summed E-state index contributed by atoms with van der Waals surface area (Å²) in [5.74, 6) is 0. The summed E-state index contributed by atoms with van der Waals surface area (Å²) in [6.45, 7) is 7.52. The summed E-state index contributed by atoms with van der Waals surface area (Å²) in [5, 5.41) is 3.59. The molecule has 3 nitrogen and oxygen atoms in total. The van der Waals surface area contributed by atoms with Crippen molar-refractivity contribution in [2.24, 2.45) is 0 Å². The second-order valence-corrected chi connectivity index (χ2v) is 7.24. The molecule has 1 N–H and O–H groups in total. The number of rotatable bonds is 8. The Hall–Kier alpha value is -0.420. The molecule has 2 aliphatic rings. The van der Waals surface area contributed by atoms with Crippen LogP contribution in [0.2, 0.25) is 0 Å². The highest BCUT2D eigenvalue weighted by atomic mass is 32.1. The lowest BCUT2D eigenvalue weighted by atomic mass is 10.2. The molecule has 20 heavy (non-hydrogen) atoms. The van der Waals surface area contributed by atoms with Gasteiger partial charge in [-0.15, -0.1) is 11.3 Å². The summed E-state index contributed by atoms with van der Waals surface area (Å²) in [6, 6.07) is 5.38. The number of likely N-dealkylation sites (N-methyl/N-ethyl adjacent to an activating group) is 1. The smallest absolute Gasteiger partial charge is 0.0702 e. The van der Waals surface area contributed by atoms with Crippen LogP contribution in [-0.2, 0) is 17.8 Å². The van der Waals surface area contributed by atoms with Crippen molar-refractivity contribution < 1.29 is 4.74 Å². The maximum atomic E-state index is 5.75. The second kappa shape index (κ2) is 7.03. The molecule has 0 aromatic carbocycles. The molecule has 1 aromatic heterocycles. The molecule has 1 saturated heterocycles. The van der Waals surface area contributed by atoms with Crippen LogP contribution in [-0.4, -0.2) is 36.7 Å². The minimum absolute atomic E-state index is 0.464. The van der Waals surface area contributed by atoms with Crippen molar-refractivity contribution in [3.63, 3.8) is 0 Å². The Bertz CT molecular complexity index is 410. The quantitative estimate of drug-likeness (QED) is 0.797. The molecule has 1 aromatic rings. The van der Waals surface area contributed by atoms with E-state index in [9.17, 15) is 0 Å². The highest BCUT2D eigenvalue weighted by Gasteiger charge is 2.21. The fourth-order valence-electron chi connectivity index (χ4n) is 2.74. The van der Waals surface area contributed by atoms with E-state index in [-0.39, 0.29) is 0 Å². The van der Waals surface area contributed by atoms with Gasteiger partial charge in [-0.05, 0) is 44.4 Å². The Balaban J connectivity index is 1.46. The number of hydrogen-bond donors (Lipinski definition) is 1. The maximum Gasteiger partial charge on any atom is 0.0702 e. The molecule has 1 atom stereocenters. The molecule has 1 aliphatic carbocycles. The maximum absolute atomic E-state index is 5.75. The zero-order valence-corrected chi connectivity index (χ0v) is 13.3. The van der Waals surface area contributed by atoms with Gasteiger partial charge >= 0.3 is 0 Å². The average molecular weight is 294 g/mol. The topological polar surface area (TPSA) is 24.5 Å². The molecule has 3 rings (SSSR count). The monoisotopic (exact) mass is 294 g/mol. The van der Waals surface area contributed by atoms with Crippen molar-refractivity contribution in [3.8, 4) is 0 Å². The van der Waals surface area contributed by atoms with Gasteiger partial charge in [-0.25, -0.2) is 0 Å². The van der Waals surface area contributed by atoms with Gasteiger partial charge in [-0.1, -0.05) is 6.92 Å². The molecule has 0 spiro atoms. The first kappa shape index (κ1) is 14.5. The van der Waals surface area contributed by atoms with Crippen LogP contribution in [0, 0.1) is 0 Å². The third-order valence-electron chi connectivity index (χ3n) is 4.17. The van der Waals surface area contributed by atoms with Crippen LogP contribution < -0.4 is 5.32 Å². The van der Waals surface area contributed by atoms with Crippen molar-refractivity contribution in [3.05, 3.63) is 21.9 Å². The molecular formula is C16H26N2OS. The van der Waals surface area contributed by atoms with Gasteiger partial charge in [0.05, 0.1) is 6.10 Å². The molecular weight excluding hydrogens is 268 g/mol. The summed E-state index contributed by atoms with van der Waals surface area (Å²) in [6.07, 6.45) is 5.66. The molecule has 2 fully saturated rings. The highest BCUT2D eigenvalue weighted by molar-refractivity contribution is 7.11. The van der Waals surface area contributed by atoms with E-state index in [0.29, 0.717) is 6.10 Å². The standard InChI is InChI=1S/C16H26N2OS/c1-2-18(11-14-4-3-9-19-14)12-16-8-7-15(20-16)10-17-13-5-6-13/h7-8,13-14,17H,2-6,9-12H2,1H3. The first-order valence-electron chi connectivity index (χ1n) is 7.98. The van der Waals surface area contributed by atoms with Gasteiger partial charge in [0.15, 0.2) is 0 Å². The van der Waals surface area contributed by atoms with Crippen LogP contribution in [0.5, 0.6) is 0 Å². The van der Waals surface area contributed by atoms with Gasteiger partial charge in [-0.3, -0.25) is 4.90 Å². The predicted octanol–water partition coefficient (Wildman–Crippen LogP) is 3.00. The van der Waals surface area contributed by atoms with Gasteiger partial charge in [0.2, 0.25) is 0 Å². The molecule has 4 heteroatoms. The van der Waals surface area contributed by atoms with Gasteiger partial charge in [0.25, 0.3) is 0 Å². The van der Waals surface area contributed by atoms with Crippen LogP contribution in [0.4, 0.5) is 0 Å². The van der Waals surface area contributed by atoms with Crippen LogP contribution in [0.25, 0.3) is 0 Å². The van der Waals surface area contributed by atoms with Crippen molar-refractivity contribution in [1.82, 2.24) is 10.2 Å². The summed E-state index contributed by atoms with van der Waals surface area (Å²) < 4.78 is 5.75. The number of nitrogens with zero attached hydrogens (tertiary/aromatic N) is 1. The zero-order chi connectivity index (χ0) is 13.8. The lowest BCUT2D eigenvalue weighted by molar-refractivity contribution is 0.0728. The minimum Gasteiger partial charge on any atom is -0.377 e. The fourth-order valence-corrected chi connectivity index (χ4v) is 3.75. The largest absolute Gasteiger partial charge is 0.377 e. The molecule has 0 radical (unpaired) electrons. The first-order chi connectivity index (χ1) is 9.83. The van der Waals surface area contributed by atoms with Crippen LogP contribution >= 0.6 is 11.3 Å². The SMILES string of the molecule is CCN(Cc1ccc(CNC2CC2)s1)CC1CCCO1. The Kier molecular flexibility index (Phi) is 5.10. The molecule has 1 saturated carbocycles. The van der Waals surface area contributed by atoms with Crippen molar-refractivity contribution in [1.29, 1.82) is 0 Å². The molecule has 112 valence electrons. The summed E-state index contributed by atoms with van der Waals surface area (Å²) in [7, 11) is 0. The molecule has 1 unspecified atom stereocenters. The normalized spacial score (nSPS) is 22.8. The first-order valence-corrected chi connectivity index (χ1v) is 8.80. The van der Waals surface area contributed by atoms with Crippen LogP contribution in [0.15, 0.2) is 12.1 Å². The zero-order valence-electron chi connectivity index (χ0n) is 12.4. The number of nitrogens with one attached hydrogen (secondary N) is 1. The predicted molar refractivity (Wildman–Crippen MR) is 84.1 cm³/mol. The van der Waals surface area contributed by atoms with E-state index in [1.165, 1.54) is 35.4 Å². The minimum atomic E-state index is 0.464. The van der Waals surface area contributed by atoms with Gasteiger partial charge in [-0.2, -0.15) is 0 Å². The Labute approximate surface area is 126 Å². The van der Waals surface area contributed by atoms with Gasteiger partial charge < -0.3 is 10.1 Å². The van der Waals surface area contributed by atoms with Crippen LogP contribution in [0.3, 0.4) is 0 Å². The average Bonchev–Trinajstić information content (AvgIpc) is 2.96. The second-order valence-electron chi connectivity index (χ2n) is 5.99. The van der Waals surface area contributed by atoms with E-state index in [0.717, 1.165) is 38.8 Å². The third kappa shape index (κ3) is 4.29. The molecule has 2 heterocycles. The van der Waals surface area contributed by atoms with E-state index in [1.807, 2.05) is 11.3 Å². The van der Waals surface area contributed by atoms with E-state index < -0.39 is 0 Å². The third-order valence-corrected chi connectivity index (χ3v) is 5.24. The van der Waals surface area contributed by atoms with Crippen LogP contribution in [0.1, 0.15) is 42.4 Å². The lowest BCUT2D eigenvalue weighted by Gasteiger charge is -2.22. The molecule has 0 bridgehead atoms. The van der Waals surface area contributed by atoms with Gasteiger partial charge in [0, 0.05) is 42.0 Å².